The van der Waals surface area contributed by atoms with Crippen molar-refractivity contribution in [1.82, 2.24) is 0 Å². The lowest BCUT2D eigenvalue weighted by molar-refractivity contribution is 0.901. The van der Waals surface area contributed by atoms with Crippen LogP contribution in [0, 0.1) is 5.41 Å². The molecular formula is C10H14N2. The second-order valence-electron chi connectivity index (χ2n) is 3.80. The van der Waals surface area contributed by atoms with Crippen LogP contribution in [-0.2, 0) is 0 Å². The highest BCUT2D eigenvalue weighted by Gasteiger charge is 2.44. The SMILES string of the molecule is CC1=CC2(CC2)C(C)=NC(C)=N1. The van der Waals surface area contributed by atoms with Crippen molar-refractivity contribution in [2.45, 2.75) is 33.6 Å². The van der Waals surface area contributed by atoms with Crippen molar-refractivity contribution < 1.29 is 0 Å². The third-order valence-corrected chi connectivity index (χ3v) is 2.66. The number of hydrogen-bond acceptors (Lipinski definition) is 2. The summed E-state index contributed by atoms with van der Waals surface area (Å²) in [5.41, 5.74) is 2.65. The fraction of sp³-hybridized carbons (Fsp3) is 0.600. The fourth-order valence-corrected chi connectivity index (χ4v) is 1.81. The van der Waals surface area contributed by atoms with Crippen LogP contribution in [0.4, 0.5) is 0 Å². The molecule has 0 aromatic carbocycles. The van der Waals surface area contributed by atoms with Crippen LogP contribution in [0.2, 0.25) is 0 Å². The molecule has 1 spiro atoms. The van der Waals surface area contributed by atoms with E-state index in [-0.39, 0.29) is 0 Å². The minimum Gasteiger partial charge on any atom is -0.242 e. The molecule has 1 aliphatic heterocycles. The summed E-state index contributed by atoms with van der Waals surface area (Å²) in [7, 11) is 0. The first kappa shape index (κ1) is 7.71. The lowest BCUT2D eigenvalue weighted by atomic mass is 10.0. The van der Waals surface area contributed by atoms with Crippen LogP contribution < -0.4 is 0 Å². The van der Waals surface area contributed by atoms with Gasteiger partial charge in [-0.2, -0.15) is 0 Å². The van der Waals surface area contributed by atoms with Crippen molar-refractivity contribution >= 4 is 11.5 Å². The zero-order chi connectivity index (χ0) is 8.77. The van der Waals surface area contributed by atoms with Crippen LogP contribution in [0.3, 0.4) is 0 Å². The van der Waals surface area contributed by atoms with Gasteiger partial charge in [0.25, 0.3) is 0 Å². The van der Waals surface area contributed by atoms with E-state index in [1.807, 2.05) is 6.92 Å². The van der Waals surface area contributed by atoms with E-state index in [9.17, 15) is 0 Å². The largest absolute Gasteiger partial charge is 0.242 e. The maximum absolute atomic E-state index is 4.46. The Morgan fingerprint density at radius 3 is 2.42 bits per heavy atom. The zero-order valence-electron chi connectivity index (χ0n) is 7.89. The summed E-state index contributed by atoms with van der Waals surface area (Å²) >= 11 is 0. The Bertz CT molecular complexity index is 304. The molecule has 64 valence electrons. The van der Waals surface area contributed by atoms with Crippen LogP contribution >= 0.6 is 0 Å². The lowest BCUT2D eigenvalue weighted by Crippen LogP contribution is -2.09. The molecule has 0 aromatic heterocycles. The molecule has 1 fully saturated rings. The van der Waals surface area contributed by atoms with Crippen LogP contribution in [-0.4, -0.2) is 11.5 Å². The van der Waals surface area contributed by atoms with Crippen LogP contribution in [0.15, 0.2) is 21.8 Å². The predicted molar refractivity (Wildman–Crippen MR) is 51.6 cm³/mol. The average molecular weight is 162 g/mol. The highest BCUT2D eigenvalue weighted by Crippen LogP contribution is 2.49. The molecule has 0 radical (unpaired) electrons. The first-order valence-electron chi connectivity index (χ1n) is 4.43. The Kier molecular flexibility index (Phi) is 1.47. The molecule has 0 saturated heterocycles. The fourth-order valence-electron chi connectivity index (χ4n) is 1.81. The summed E-state index contributed by atoms with van der Waals surface area (Å²) in [5, 5.41) is 0. The Labute approximate surface area is 73.1 Å². The molecule has 0 aromatic rings. The van der Waals surface area contributed by atoms with Gasteiger partial charge in [-0.3, -0.25) is 0 Å². The molecule has 2 nitrogen and oxygen atoms in total. The minimum absolute atomic E-state index is 0.297. The van der Waals surface area contributed by atoms with Crippen molar-refractivity contribution in [3.63, 3.8) is 0 Å². The molecule has 2 aliphatic rings. The van der Waals surface area contributed by atoms with Crippen LogP contribution in [0.25, 0.3) is 0 Å². The van der Waals surface area contributed by atoms with Gasteiger partial charge in [-0.15, -0.1) is 0 Å². The predicted octanol–water partition coefficient (Wildman–Crippen LogP) is 2.56. The Hall–Kier alpha value is -0.920. The number of hydrogen-bond donors (Lipinski definition) is 0. The minimum atomic E-state index is 0.297. The summed E-state index contributed by atoms with van der Waals surface area (Å²) in [4.78, 5) is 8.81. The normalized spacial score (nSPS) is 25.8. The van der Waals surface area contributed by atoms with E-state index >= 15 is 0 Å². The number of allylic oxidation sites excluding steroid dienone is 2. The van der Waals surface area contributed by atoms with Gasteiger partial charge in [0.05, 0.1) is 0 Å². The van der Waals surface area contributed by atoms with Gasteiger partial charge in [-0.05, 0) is 33.6 Å². The number of rotatable bonds is 0. The van der Waals surface area contributed by atoms with E-state index in [1.54, 1.807) is 0 Å². The number of amidine groups is 1. The van der Waals surface area contributed by atoms with E-state index in [4.69, 9.17) is 0 Å². The smallest absolute Gasteiger partial charge is 0.125 e. The maximum Gasteiger partial charge on any atom is 0.125 e. The molecule has 12 heavy (non-hydrogen) atoms. The van der Waals surface area contributed by atoms with Gasteiger partial charge >= 0.3 is 0 Å². The molecule has 1 aliphatic carbocycles. The second kappa shape index (κ2) is 2.28. The summed E-state index contributed by atoms with van der Waals surface area (Å²) in [6.45, 7) is 6.13. The molecule has 0 unspecified atom stereocenters. The van der Waals surface area contributed by atoms with Crippen LogP contribution in [0.1, 0.15) is 33.6 Å². The molecule has 0 atom stereocenters. The third-order valence-electron chi connectivity index (χ3n) is 2.66. The Morgan fingerprint density at radius 1 is 1.17 bits per heavy atom. The average Bonchev–Trinajstić information content (AvgIpc) is 2.67. The Balaban J connectivity index is 2.44. The highest BCUT2D eigenvalue weighted by atomic mass is 14.9. The first-order valence-corrected chi connectivity index (χ1v) is 4.43. The summed E-state index contributed by atoms with van der Waals surface area (Å²) in [6.07, 6.45) is 4.77. The second-order valence-corrected chi connectivity index (χ2v) is 3.80. The monoisotopic (exact) mass is 162 g/mol. The van der Waals surface area contributed by atoms with Crippen molar-refractivity contribution in [1.29, 1.82) is 0 Å². The van der Waals surface area contributed by atoms with E-state index in [1.165, 1.54) is 18.6 Å². The third kappa shape index (κ3) is 1.11. The summed E-state index contributed by atoms with van der Waals surface area (Å²) in [5.74, 6) is 0.894. The van der Waals surface area contributed by atoms with Crippen molar-refractivity contribution in [2.75, 3.05) is 0 Å². The lowest BCUT2D eigenvalue weighted by Gasteiger charge is -2.06. The van der Waals surface area contributed by atoms with E-state index in [2.05, 4.69) is 29.9 Å². The van der Waals surface area contributed by atoms with Gasteiger partial charge in [-0.25, -0.2) is 9.98 Å². The van der Waals surface area contributed by atoms with Crippen molar-refractivity contribution in [2.24, 2.45) is 15.4 Å². The number of aliphatic imine (C=N–C) groups is 2. The van der Waals surface area contributed by atoms with Gasteiger partial charge in [0.2, 0.25) is 0 Å². The van der Waals surface area contributed by atoms with Crippen LogP contribution in [0.5, 0.6) is 0 Å². The molecule has 0 N–H and O–H groups in total. The van der Waals surface area contributed by atoms with Gasteiger partial charge in [0.15, 0.2) is 0 Å². The first-order chi connectivity index (χ1) is 5.62. The zero-order valence-corrected chi connectivity index (χ0v) is 7.89. The van der Waals surface area contributed by atoms with E-state index in [0.29, 0.717) is 5.41 Å². The molecule has 1 saturated carbocycles. The van der Waals surface area contributed by atoms with Gasteiger partial charge < -0.3 is 0 Å². The maximum atomic E-state index is 4.46. The molecule has 2 rings (SSSR count). The summed E-state index contributed by atoms with van der Waals surface area (Å²) in [6, 6.07) is 0. The summed E-state index contributed by atoms with van der Waals surface area (Å²) < 4.78 is 0. The Morgan fingerprint density at radius 2 is 1.83 bits per heavy atom. The van der Waals surface area contributed by atoms with Gasteiger partial charge in [0.1, 0.15) is 5.84 Å². The van der Waals surface area contributed by atoms with Crippen molar-refractivity contribution in [3.8, 4) is 0 Å². The van der Waals surface area contributed by atoms with Crippen molar-refractivity contribution in [3.05, 3.63) is 11.8 Å². The number of nitrogens with zero attached hydrogens (tertiary/aromatic N) is 2. The topological polar surface area (TPSA) is 24.7 Å². The van der Waals surface area contributed by atoms with E-state index < -0.39 is 0 Å². The van der Waals surface area contributed by atoms with Gasteiger partial charge in [0, 0.05) is 16.8 Å². The molecule has 0 bridgehead atoms. The highest BCUT2D eigenvalue weighted by molar-refractivity contribution is 6.02. The molecule has 1 heterocycles. The standard InChI is InChI=1S/C10H14N2/c1-7-6-10(4-5-10)8(2)12-9(3)11-7/h6H,4-5H2,1-3H3. The molecule has 2 heteroatoms. The quantitative estimate of drug-likeness (QED) is 0.523. The molecular weight excluding hydrogens is 148 g/mol. The van der Waals surface area contributed by atoms with E-state index in [0.717, 1.165) is 11.5 Å². The van der Waals surface area contributed by atoms with Gasteiger partial charge in [-0.1, -0.05) is 6.08 Å². The molecule has 0 amide bonds.